The molecular formula is C10H16N2O3. The Balaban J connectivity index is 2.03. The summed E-state index contributed by atoms with van der Waals surface area (Å²) in [4.78, 5) is 26.2. The Bertz CT molecular complexity index is 274. The highest BCUT2D eigenvalue weighted by Gasteiger charge is 2.40. The summed E-state index contributed by atoms with van der Waals surface area (Å²) in [6.07, 6.45) is 4.37. The van der Waals surface area contributed by atoms with Crippen molar-refractivity contribution in [1.82, 2.24) is 9.80 Å². The zero-order chi connectivity index (χ0) is 10.8. The predicted octanol–water partition coefficient (Wildman–Crippen LogP) is 0.797. The molecule has 5 heteroatoms. The van der Waals surface area contributed by atoms with E-state index in [-0.39, 0.29) is 31.3 Å². The van der Waals surface area contributed by atoms with Crippen molar-refractivity contribution in [2.75, 3.05) is 20.4 Å². The van der Waals surface area contributed by atoms with Gasteiger partial charge in [0.2, 0.25) is 0 Å². The standard InChI is InChI=1S/C10H16N2O3/c1-15-7-12-9(13)6-11(10(12)14)8-4-2-3-5-8/h8H,2-7H2,1H3. The number of ether oxygens (including phenoxy) is 1. The van der Waals surface area contributed by atoms with Crippen molar-refractivity contribution in [3.63, 3.8) is 0 Å². The quantitative estimate of drug-likeness (QED) is 0.650. The molecule has 3 amide bonds. The molecule has 84 valence electrons. The molecule has 0 aromatic carbocycles. The van der Waals surface area contributed by atoms with Gasteiger partial charge in [0.15, 0.2) is 0 Å². The van der Waals surface area contributed by atoms with Crippen LogP contribution in [0, 0.1) is 0 Å². The summed E-state index contributed by atoms with van der Waals surface area (Å²) in [5.74, 6) is -0.145. The maximum absolute atomic E-state index is 11.8. The van der Waals surface area contributed by atoms with E-state index in [0.717, 1.165) is 25.7 Å². The molecular weight excluding hydrogens is 196 g/mol. The van der Waals surface area contributed by atoms with Crippen LogP contribution in [0.3, 0.4) is 0 Å². The van der Waals surface area contributed by atoms with Gasteiger partial charge >= 0.3 is 6.03 Å². The van der Waals surface area contributed by atoms with Crippen molar-refractivity contribution >= 4 is 11.9 Å². The maximum atomic E-state index is 11.8. The fraction of sp³-hybridized carbons (Fsp3) is 0.800. The number of carbonyl (C=O) groups is 2. The van der Waals surface area contributed by atoms with E-state index < -0.39 is 0 Å². The molecule has 1 saturated carbocycles. The first-order valence-corrected chi connectivity index (χ1v) is 5.34. The molecule has 5 nitrogen and oxygen atoms in total. The summed E-state index contributed by atoms with van der Waals surface area (Å²) < 4.78 is 4.84. The highest BCUT2D eigenvalue weighted by molar-refractivity contribution is 6.02. The average molecular weight is 212 g/mol. The van der Waals surface area contributed by atoms with Gasteiger partial charge in [-0.3, -0.25) is 4.79 Å². The van der Waals surface area contributed by atoms with Gasteiger partial charge in [-0.05, 0) is 12.8 Å². The topological polar surface area (TPSA) is 49.9 Å². The van der Waals surface area contributed by atoms with Crippen LogP contribution in [0.25, 0.3) is 0 Å². The van der Waals surface area contributed by atoms with Crippen LogP contribution in [0.4, 0.5) is 4.79 Å². The molecule has 0 atom stereocenters. The summed E-state index contributed by atoms with van der Waals surface area (Å²) in [5.41, 5.74) is 0. The molecule has 1 aliphatic heterocycles. The smallest absolute Gasteiger partial charge is 0.329 e. The van der Waals surface area contributed by atoms with Gasteiger partial charge in [-0.2, -0.15) is 0 Å². The van der Waals surface area contributed by atoms with Crippen LogP contribution in [0.2, 0.25) is 0 Å². The van der Waals surface area contributed by atoms with Gasteiger partial charge in [-0.15, -0.1) is 0 Å². The molecule has 0 aromatic heterocycles. The molecule has 2 rings (SSSR count). The third-order valence-electron chi connectivity index (χ3n) is 3.11. The molecule has 1 aliphatic carbocycles. The number of hydrogen-bond donors (Lipinski definition) is 0. The Morgan fingerprint density at radius 3 is 2.60 bits per heavy atom. The van der Waals surface area contributed by atoms with Crippen LogP contribution in [0.1, 0.15) is 25.7 Å². The molecule has 0 N–H and O–H groups in total. The Kier molecular flexibility index (Phi) is 2.90. The Hall–Kier alpha value is -1.10. The number of carbonyl (C=O) groups excluding carboxylic acids is 2. The van der Waals surface area contributed by atoms with Crippen molar-refractivity contribution in [1.29, 1.82) is 0 Å². The molecule has 0 radical (unpaired) electrons. The number of methoxy groups -OCH3 is 1. The first-order valence-electron chi connectivity index (χ1n) is 5.34. The van der Waals surface area contributed by atoms with E-state index in [1.807, 2.05) is 0 Å². The van der Waals surface area contributed by atoms with E-state index in [4.69, 9.17) is 4.74 Å². The van der Waals surface area contributed by atoms with Gasteiger partial charge in [0.1, 0.15) is 13.3 Å². The van der Waals surface area contributed by atoms with Crippen molar-refractivity contribution in [2.24, 2.45) is 0 Å². The van der Waals surface area contributed by atoms with E-state index in [9.17, 15) is 9.59 Å². The molecule has 0 aromatic rings. The summed E-state index contributed by atoms with van der Waals surface area (Å²) in [6, 6.07) is 0.0806. The van der Waals surface area contributed by atoms with Crippen LogP contribution >= 0.6 is 0 Å². The lowest BCUT2D eigenvalue weighted by atomic mass is 10.2. The molecule has 0 spiro atoms. The van der Waals surface area contributed by atoms with Gasteiger partial charge in [0, 0.05) is 13.2 Å². The first kappa shape index (κ1) is 10.4. The summed E-state index contributed by atoms with van der Waals surface area (Å²) in [7, 11) is 1.48. The second-order valence-electron chi connectivity index (χ2n) is 4.09. The maximum Gasteiger partial charge on any atom is 0.329 e. The van der Waals surface area contributed by atoms with Crippen molar-refractivity contribution < 1.29 is 14.3 Å². The van der Waals surface area contributed by atoms with Crippen molar-refractivity contribution in [3.05, 3.63) is 0 Å². The minimum Gasteiger partial charge on any atom is -0.364 e. The molecule has 1 saturated heterocycles. The van der Waals surface area contributed by atoms with E-state index >= 15 is 0 Å². The highest BCUT2D eigenvalue weighted by atomic mass is 16.5. The molecule has 0 bridgehead atoms. The largest absolute Gasteiger partial charge is 0.364 e. The number of nitrogens with zero attached hydrogens (tertiary/aromatic N) is 2. The van der Waals surface area contributed by atoms with Gasteiger partial charge in [-0.25, -0.2) is 9.69 Å². The molecule has 2 aliphatic rings. The number of imide groups is 1. The summed E-state index contributed by atoms with van der Waals surface area (Å²) in [6.45, 7) is 0.299. The van der Waals surface area contributed by atoms with Gasteiger partial charge in [0.25, 0.3) is 5.91 Å². The van der Waals surface area contributed by atoms with Crippen LogP contribution in [0.15, 0.2) is 0 Å². The van der Waals surface area contributed by atoms with Gasteiger partial charge < -0.3 is 9.64 Å². The third-order valence-corrected chi connectivity index (χ3v) is 3.11. The highest BCUT2D eigenvalue weighted by Crippen LogP contribution is 2.26. The zero-order valence-electron chi connectivity index (χ0n) is 8.94. The third kappa shape index (κ3) is 1.84. The van der Waals surface area contributed by atoms with Crippen LogP contribution < -0.4 is 0 Å². The second-order valence-corrected chi connectivity index (χ2v) is 4.09. The van der Waals surface area contributed by atoms with Crippen molar-refractivity contribution in [2.45, 2.75) is 31.7 Å². The Morgan fingerprint density at radius 2 is 2.00 bits per heavy atom. The normalized spacial score (nSPS) is 23.3. The summed E-state index contributed by atoms with van der Waals surface area (Å²) >= 11 is 0. The lowest BCUT2D eigenvalue weighted by Crippen LogP contribution is -2.38. The number of urea groups is 1. The zero-order valence-corrected chi connectivity index (χ0v) is 8.94. The van der Waals surface area contributed by atoms with E-state index in [2.05, 4.69) is 0 Å². The molecule has 15 heavy (non-hydrogen) atoms. The Morgan fingerprint density at radius 1 is 1.33 bits per heavy atom. The van der Waals surface area contributed by atoms with E-state index in [1.165, 1.54) is 12.0 Å². The lowest BCUT2D eigenvalue weighted by molar-refractivity contribution is -0.128. The number of amides is 3. The fourth-order valence-electron chi connectivity index (χ4n) is 2.32. The Labute approximate surface area is 89.0 Å². The minimum absolute atomic E-state index is 0.0703. The fourth-order valence-corrected chi connectivity index (χ4v) is 2.32. The van der Waals surface area contributed by atoms with Crippen LogP contribution in [-0.2, 0) is 9.53 Å². The molecule has 2 fully saturated rings. The van der Waals surface area contributed by atoms with Crippen LogP contribution in [-0.4, -0.2) is 48.2 Å². The monoisotopic (exact) mass is 212 g/mol. The predicted molar refractivity (Wildman–Crippen MR) is 53.1 cm³/mol. The van der Waals surface area contributed by atoms with E-state index in [1.54, 1.807) is 4.90 Å². The molecule has 1 heterocycles. The van der Waals surface area contributed by atoms with Gasteiger partial charge in [-0.1, -0.05) is 12.8 Å². The second kappa shape index (κ2) is 4.18. The van der Waals surface area contributed by atoms with Gasteiger partial charge in [0.05, 0.1) is 0 Å². The SMILES string of the molecule is COCN1C(=O)CN(C2CCCC2)C1=O. The minimum atomic E-state index is -0.186. The number of hydrogen-bond acceptors (Lipinski definition) is 3. The van der Waals surface area contributed by atoms with Crippen LogP contribution in [0.5, 0.6) is 0 Å². The lowest BCUT2D eigenvalue weighted by Gasteiger charge is -2.22. The number of rotatable bonds is 3. The first-order chi connectivity index (χ1) is 7.24. The average Bonchev–Trinajstić information content (AvgIpc) is 2.81. The van der Waals surface area contributed by atoms with Crippen molar-refractivity contribution in [3.8, 4) is 0 Å². The molecule has 0 unspecified atom stereocenters. The summed E-state index contributed by atoms with van der Waals surface area (Å²) in [5, 5.41) is 0. The van der Waals surface area contributed by atoms with E-state index in [0.29, 0.717) is 0 Å².